The highest BCUT2D eigenvalue weighted by Gasteiger charge is 2.43. The number of benzene rings is 1. The molecule has 0 heterocycles. The van der Waals surface area contributed by atoms with Crippen molar-refractivity contribution >= 4 is 5.78 Å². The van der Waals surface area contributed by atoms with Crippen molar-refractivity contribution < 1.29 is 19.0 Å². The Kier molecular flexibility index (Phi) is 5.11. The van der Waals surface area contributed by atoms with E-state index in [0.29, 0.717) is 30.1 Å². The number of allylic oxidation sites excluding steroid dienone is 1. The second-order valence-electron chi connectivity index (χ2n) is 5.59. The lowest BCUT2D eigenvalue weighted by molar-refractivity contribution is -0.126. The average molecular weight is 304 g/mol. The zero-order chi connectivity index (χ0) is 16.2. The van der Waals surface area contributed by atoms with Gasteiger partial charge in [0.05, 0.1) is 26.7 Å². The predicted molar refractivity (Wildman–Crippen MR) is 86.1 cm³/mol. The van der Waals surface area contributed by atoms with Gasteiger partial charge in [-0.15, -0.1) is 6.58 Å². The Balaban J connectivity index is 2.66. The molecule has 120 valence electrons. The van der Waals surface area contributed by atoms with Crippen LogP contribution in [0.1, 0.15) is 37.7 Å². The van der Waals surface area contributed by atoms with Gasteiger partial charge in [-0.1, -0.05) is 18.6 Å². The van der Waals surface area contributed by atoms with Crippen molar-refractivity contribution in [3.8, 4) is 17.2 Å². The Morgan fingerprint density at radius 3 is 2.41 bits per heavy atom. The maximum atomic E-state index is 12.8. The van der Waals surface area contributed by atoms with E-state index in [-0.39, 0.29) is 5.78 Å². The summed E-state index contributed by atoms with van der Waals surface area (Å²) in [5, 5.41) is 0. The summed E-state index contributed by atoms with van der Waals surface area (Å²) in [5.41, 5.74) is 0.308. The Morgan fingerprint density at radius 2 is 1.86 bits per heavy atom. The van der Waals surface area contributed by atoms with Crippen molar-refractivity contribution in [1.82, 2.24) is 0 Å². The van der Waals surface area contributed by atoms with Gasteiger partial charge >= 0.3 is 0 Å². The molecule has 0 spiro atoms. The van der Waals surface area contributed by atoms with Crippen molar-refractivity contribution in [2.24, 2.45) is 0 Å². The molecule has 0 bridgehead atoms. The summed E-state index contributed by atoms with van der Waals surface area (Å²) in [5.74, 6) is 1.97. The zero-order valence-corrected chi connectivity index (χ0v) is 13.6. The summed E-state index contributed by atoms with van der Waals surface area (Å²) in [6.45, 7) is 3.84. The molecule has 0 N–H and O–H groups in total. The molecule has 0 unspecified atom stereocenters. The smallest absolute Gasteiger partial charge is 0.203 e. The molecule has 1 aromatic carbocycles. The fraction of sp³-hybridized carbons (Fsp3) is 0.500. The second kappa shape index (κ2) is 6.86. The van der Waals surface area contributed by atoms with Crippen LogP contribution in [0.4, 0.5) is 0 Å². The maximum absolute atomic E-state index is 12.8. The van der Waals surface area contributed by atoms with E-state index in [1.165, 1.54) is 0 Å². The molecule has 0 amide bonds. The number of carbonyl (C=O) groups excluding carboxylic acids is 1. The first-order chi connectivity index (χ1) is 10.6. The lowest BCUT2D eigenvalue weighted by Gasteiger charge is -2.36. The molecule has 1 fully saturated rings. The highest BCUT2D eigenvalue weighted by Crippen LogP contribution is 2.49. The minimum atomic E-state index is -0.565. The van der Waals surface area contributed by atoms with E-state index < -0.39 is 5.41 Å². The van der Waals surface area contributed by atoms with E-state index in [1.807, 2.05) is 18.2 Å². The highest BCUT2D eigenvalue weighted by atomic mass is 16.5. The van der Waals surface area contributed by atoms with Crippen molar-refractivity contribution in [3.05, 3.63) is 30.4 Å². The molecule has 1 aliphatic carbocycles. The molecule has 1 atom stereocenters. The van der Waals surface area contributed by atoms with Gasteiger partial charge < -0.3 is 14.2 Å². The molecule has 2 rings (SSSR count). The summed E-state index contributed by atoms with van der Waals surface area (Å²) < 4.78 is 16.4. The summed E-state index contributed by atoms with van der Waals surface area (Å²) >= 11 is 0. The van der Waals surface area contributed by atoms with E-state index in [4.69, 9.17) is 14.2 Å². The summed E-state index contributed by atoms with van der Waals surface area (Å²) in [4.78, 5) is 12.8. The molecule has 0 aromatic heterocycles. The lowest BCUT2D eigenvalue weighted by Crippen LogP contribution is -2.38. The molecule has 0 saturated heterocycles. The molecule has 1 aliphatic rings. The van der Waals surface area contributed by atoms with Crippen LogP contribution < -0.4 is 14.2 Å². The molecule has 22 heavy (non-hydrogen) atoms. The molecular weight excluding hydrogens is 280 g/mol. The van der Waals surface area contributed by atoms with Crippen LogP contribution in [-0.4, -0.2) is 27.1 Å². The van der Waals surface area contributed by atoms with E-state index in [2.05, 4.69) is 6.58 Å². The van der Waals surface area contributed by atoms with Crippen LogP contribution in [0.2, 0.25) is 0 Å². The van der Waals surface area contributed by atoms with E-state index in [9.17, 15) is 4.79 Å². The number of ketones is 1. The highest BCUT2D eigenvalue weighted by molar-refractivity contribution is 5.92. The lowest BCUT2D eigenvalue weighted by atomic mass is 9.66. The summed E-state index contributed by atoms with van der Waals surface area (Å²) in [6, 6.07) is 3.76. The monoisotopic (exact) mass is 304 g/mol. The quantitative estimate of drug-likeness (QED) is 0.752. The van der Waals surface area contributed by atoms with Crippen LogP contribution >= 0.6 is 0 Å². The van der Waals surface area contributed by atoms with Crippen molar-refractivity contribution in [2.45, 2.75) is 37.5 Å². The van der Waals surface area contributed by atoms with Crippen LogP contribution in [-0.2, 0) is 10.2 Å². The van der Waals surface area contributed by atoms with Crippen LogP contribution in [0.3, 0.4) is 0 Å². The standard InChI is InChI=1S/C18H24O4/c1-5-11-18(12-7-6-8-15(18)19)13-9-10-14(20-2)17(22-4)16(13)21-3/h5,9-10H,1,6-8,11-12H2,2-4H3/t18-/m1/s1. The van der Waals surface area contributed by atoms with Crippen molar-refractivity contribution in [2.75, 3.05) is 21.3 Å². The summed E-state index contributed by atoms with van der Waals surface area (Å²) in [7, 11) is 4.75. The molecule has 4 nitrogen and oxygen atoms in total. The van der Waals surface area contributed by atoms with Gasteiger partial charge in [0, 0.05) is 12.0 Å². The van der Waals surface area contributed by atoms with Gasteiger partial charge in [-0.25, -0.2) is 0 Å². The Bertz CT molecular complexity index is 564. The number of rotatable bonds is 6. The normalized spacial score (nSPS) is 21.3. The number of methoxy groups -OCH3 is 3. The molecule has 1 aromatic rings. The fourth-order valence-electron chi connectivity index (χ4n) is 3.43. The van der Waals surface area contributed by atoms with E-state index in [1.54, 1.807) is 21.3 Å². The first-order valence-electron chi connectivity index (χ1n) is 7.58. The summed E-state index contributed by atoms with van der Waals surface area (Å²) in [6.07, 6.45) is 5.82. The Morgan fingerprint density at radius 1 is 1.14 bits per heavy atom. The Hall–Kier alpha value is -1.97. The molecule has 0 radical (unpaired) electrons. The largest absolute Gasteiger partial charge is 0.493 e. The fourth-order valence-corrected chi connectivity index (χ4v) is 3.43. The number of carbonyl (C=O) groups is 1. The topological polar surface area (TPSA) is 44.8 Å². The van der Waals surface area contributed by atoms with Crippen molar-refractivity contribution in [3.63, 3.8) is 0 Å². The molecule has 1 saturated carbocycles. The Labute approximate surface area is 132 Å². The molecule has 4 heteroatoms. The van der Waals surface area contributed by atoms with Gasteiger partial charge in [0.1, 0.15) is 5.78 Å². The van der Waals surface area contributed by atoms with E-state index >= 15 is 0 Å². The SMILES string of the molecule is C=CC[C@]1(c2ccc(OC)c(OC)c2OC)CCCCC1=O. The van der Waals surface area contributed by atoms with Crippen LogP contribution in [0.5, 0.6) is 17.2 Å². The van der Waals surface area contributed by atoms with Gasteiger partial charge in [0.2, 0.25) is 5.75 Å². The number of hydrogen-bond acceptors (Lipinski definition) is 4. The van der Waals surface area contributed by atoms with Gasteiger partial charge in [-0.05, 0) is 25.3 Å². The van der Waals surface area contributed by atoms with E-state index in [0.717, 1.165) is 24.8 Å². The van der Waals surface area contributed by atoms with Crippen LogP contribution in [0.25, 0.3) is 0 Å². The molecular formula is C18H24O4. The van der Waals surface area contributed by atoms with Gasteiger partial charge in [0.25, 0.3) is 0 Å². The second-order valence-corrected chi connectivity index (χ2v) is 5.59. The maximum Gasteiger partial charge on any atom is 0.203 e. The minimum Gasteiger partial charge on any atom is -0.493 e. The number of hydrogen-bond donors (Lipinski definition) is 0. The molecule has 0 aliphatic heterocycles. The first kappa shape index (κ1) is 16.4. The van der Waals surface area contributed by atoms with Gasteiger partial charge in [-0.3, -0.25) is 4.79 Å². The van der Waals surface area contributed by atoms with Crippen molar-refractivity contribution in [1.29, 1.82) is 0 Å². The predicted octanol–water partition coefficient (Wildman–Crippen LogP) is 3.67. The average Bonchev–Trinajstić information content (AvgIpc) is 2.55. The van der Waals surface area contributed by atoms with Crippen LogP contribution in [0.15, 0.2) is 24.8 Å². The zero-order valence-electron chi connectivity index (χ0n) is 13.6. The first-order valence-corrected chi connectivity index (χ1v) is 7.58. The third kappa shape index (κ3) is 2.58. The van der Waals surface area contributed by atoms with Gasteiger partial charge in [0.15, 0.2) is 11.5 Å². The number of Topliss-reactive ketones (excluding diaryl/α,β-unsaturated/α-hetero) is 1. The number of ether oxygens (including phenoxy) is 3. The van der Waals surface area contributed by atoms with Crippen LogP contribution in [0, 0.1) is 0 Å². The van der Waals surface area contributed by atoms with Gasteiger partial charge in [-0.2, -0.15) is 0 Å². The minimum absolute atomic E-state index is 0.254. The third-order valence-electron chi connectivity index (χ3n) is 4.50. The third-order valence-corrected chi connectivity index (χ3v) is 4.50.